The zero-order chi connectivity index (χ0) is 13.1. The molecule has 0 unspecified atom stereocenters. The molecule has 18 heavy (non-hydrogen) atoms. The molecule has 0 N–H and O–H groups in total. The van der Waals surface area contributed by atoms with Crippen LogP contribution in [0.5, 0.6) is 0 Å². The van der Waals surface area contributed by atoms with Crippen LogP contribution in [0.3, 0.4) is 0 Å². The van der Waals surface area contributed by atoms with Crippen LogP contribution in [0.2, 0.25) is 0 Å². The Hall–Kier alpha value is -1.66. The van der Waals surface area contributed by atoms with Gasteiger partial charge in [-0.15, -0.1) is 11.3 Å². The second-order valence-corrected chi connectivity index (χ2v) is 5.59. The Bertz CT molecular complexity index is 605. The van der Waals surface area contributed by atoms with Gasteiger partial charge < -0.3 is 0 Å². The van der Waals surface area contributed by atoms with Gasteiger partial charge in [-0.1, -0.05) is 23.8 Å². The summed E-state index contributed by atoms with van der Waals surface area (Å²) in [6.45, 7) is 6.24. The number of benzene rings is 1. The molecule has 1 aromatic carbocycles. The maximum atomic E-state index is 8.65. The lowest BCUT2D eigenvalue weighted by Gasteiger charge is -2.02. The topological polar surface area (TPSA) is 36.7 Å². The van der Waals surface area contributed by atoms with Crippen LogP contribution in [-0.4, -0.2) is 4.98 Å². The third kappa shape index (κ3) is 2.60. The Morgan fingerprint density at radius 3 is 2.72 bits per heavy atom. The van der Waals surface area contributed by atoms with E-state index >= 15 is 0 Å². The van der Waals surface area contributed by atoms with E-state index in [1.54, 1.807) is 11.3 Å². The molecule has 0 atom stereocenters. The molecule has 2 nitrogen and oxygen atoms in total. The van der Waals surface area contributed by atoms with Gasteiger partial charge in [-0.2, -0.15) is 5.26 Å². The minimum atomic E-state index is 0.565. The van der Waals surface area contributed by atoms with Gasteiger partial charge in [0.1, 0.15) is 5.01 Å². The van der Waals surface area contributed by atoms with Gasteiger partial charge in [0.05, 0.1) is 11.8 Å². The van der Waals surface area contributed by atoms with Gasteiger partial charge in [0.25, 0.3) is 0 Å². The number of nitrogens with zero attached hydrogens (tertiary/aromatic N) is 2. The summed E-state index contributed by atoms with van der Waals surface area (Å²) in [6, 6.07) is 8.63. The monoisotopic (exact) mass is 256 g/mol. The SMILES string of the molecule is Cc1ccc(-c2nc(C)c(CCC#N)s2)c(C)c1. The second-order valence-electron chi connectivity index (χ2n) is 4.50. The van der Waals surface area contributed by atoms with Crippen molar-refractivity contribution in [3.05, 3.63) is 39.9 Å². The number of hydrogen-bond acceptors (Lipinski definition) is 3. The molecule has 2 rings (SSSR count). The average Bonchev–Trinajstić information content (AvgIpc) is 2.68. The molecule has 0 aliphatic carbocycles. The molecule has 2 aromatic rings. The Morgan fingerprint density at radius 1 is 1.28 bits per heavy atom. The molecular formula is C15H16N2S. The lowest BCUT2D eigenvalue weighted by Crippen LogP contribution is -1.84. The van der Waals surface area contributed by atoms with Gasteiger partial charge in [0.15, 0.2) is 0 Å². The number of aromatic nitrogens is 1. The first-order chi connectivity index (χ1) is 8.61. The van der Waals surface area contributed by atoms with E-state index in [1.807, 2.05) is 6.92 Å². The lowest BCUT2D eigenvalue weighted by atomic mass is 10.1. The van der Waals surface area contributed by atoms with Crippen molar-refractivity contribution in [3.8, 4) is 16.6 Å². The fraction of sp³-hybridized carbons (Fsp3) is 0.333. The summed E-state index contributed by atoms with van der Waals surface area (Å²) in [7, 11) is 0. The number of hydrogen-bond donors (Lipinski definition) is 0. The van der Waals surface area contributed by atoms with Crippen molar-refractivity contribution in [3.63, 3.8) is 0 Å². The summed E-state index contributed by atoms with van der Waals surface area (Å²) >= 11 is 1.71. The third-order valence-corrected chi connectivity index (χ3v) is 4.22. The Balaban J connectivity index is 2.37. The van der Waals surface area contributed by atoms with E-state index in [0.717, 1.165) is 17.1 Å². The van der Waals surface area contributed by atoms with Crippen LogP contribution < -0.4 is 0 Å². The molecule has 0 saturated carbocycles. The maximum Gasteiger partial charge on any atom is 0.124 e. The van der Waals surface area contributed by atoms with Crippen molar-refractivity contribution >= 4 is 11.3 Å². The molecule has 1 aromatic heterocycles. The Labute approximate surface area is 112 Å². The summed E-state index contributed by atoms with van der Waals surface area (Å²) < 4.78 is 0. The maximum absolute atomic E-state index is 8.65. The summed E-state index contributed by atoms with van der Waals surface area (Å²) in [5.74, 6) is 0. The van der Waals surface area contributed by atoms with E-state index in [-0.39, 0.29) is 0 Å². The first kappa shape index (κ1) is 12.8. The summed E-state index contributed by atoms with van der Waals surface area (Å²) in [5.41, 5.74) is 4.80. The molecule has 0 aliphatic heterocycles. The molecule has 1 heterocycles. The first-order valence-electron chi connectivity index (χ1n) is 6.02. The van der Waals surface area contributed by atoms with Gasteiger partial charge in [0.2, 0.25) is 0 Å². The highest BCUT2D eigenvalue weighted by Crippen LogP contribution is 2.31. The molecule has 0 bridgehead atoms. The first-order valence-corrected chi connectivity index (χ1v) is 6.84. The zero-order valence-corrected chi connectivity index (χ0v) is 11.8. The predicted octanol–water partition coefficient (Wildman–Crippen LogP) is 4.19. The van der Waals surface area contributed by atoms with Crippen molar-refractivity contribution in [2.45, 2.75) is 33.6 Å². The molecule has 0 saturated heterocycles. The van der Waals surface area contributed by atoms with Crippen molar-refractivity contribution in [1.82, 2.24) is 4.98 Å². The minimum Gasteiger partial charge on any atom is -0.241 e. The zero-order valence-electron chi connectivity index (χ0n) is 10.9. The fourth-order valence-electron chi connectivity index (χ4n) is 2.00. The molecule has 92 valence electrons. The normalized spacial score (nSPS) is 10.3. The minimum absolute atomic E-state index is 0.565. The van der Waals surface area contributed by atoms with E-state index in [9.17, 15) is 0 Å². The highest BCUT2D eigenvalue weighted by molar-refractivity contribution is 7.15. The van der Waals surface area contributed by atoms with Crippen LogP contribution in [0.1, 0.15) is 28.1 Å². The van der Waals surface area contributed by atoms with Gasteiger partial charge in [0, 0.05) is 16.9 Å². The van der Waals surface area contributed by atoms with Crippen LogP contribution in [0, 0.1) is 32.1 Å². The number of thiazole rings is 1. The van der Waals surface area contributed by atoms with Crippen LogP contribution in [0.4, 0.5) is 0 Å². The third-order valence-electron chi connectivity index (χ3n) is 2.97. The standard InChI is InChI=1S/C15H16N2S/c1-10-6-7-13(11(2)9-10)15-17-12(3)14(18-15)5-4-8-16/h6-7,9H,4-5H2,1-3H3. The van der Waals surface area contributed by atoms with Crippen molar-refractivity contribution in [1.29, 1.82) is 5.26 Å². The van der Waals surface area contributed by atoms with Crippen molar-refractivity contribution in [2.24, 2.45) is 0 Å². The quantitative estimate of drug-likeness (QED) is 0.825. The van der Waals surface area contributed by atoms with E-state index in [4.69, 9.17) is 5.26 Å². The van der Waals surface area contributed by atoms with Gasteiger partial charge in [-0.25, -0.2) is 4.98 Å². The summed E-state index contributed by atoms with van der Waals surface area (Å²) in [6.07, 6.45) is 1.38. The lowest BCUT2D eigenvalue weighted by molar-refractivity contribution is 1.01. The van der Waals surface area contributed by atoms with Gasteiger partial charge >= 0.3 is 0 Å². The molecule has 0 amide bonds. The molecule has 0 spiro atoms. The van der Waals surface area contributed by atoms with Gasteiger partial charge in [-0.05, 0) is 32.8 Å². The van der Waals surface area contributed by atoms with Crippen LogP contribution in [-0.2, 0) is 6.42 Å². The molecular weight excluding hydrogens is 240 g/mol. The summed E-state index contributed by atoms with van der Waals surface area (Å²) in [4.78, 5) is 5.86. The average molecular weight is 256 g/mol. The van der Waals surface area contributed by atoms with E-state index in [1.165, 1.54) is 21.6 Å². The molecule has 3 heteroatoms. The highest BCUT2D eigenvalue weighted by Gasteiger charge is 2.11. The Kier molecular flexibility index (Phi) is 3.78. The molecule has 0 fully saturated rings. The fourth-order valence-corrected chi connectivity index (χ4v) is 3.15. The largest absolute Gasteiger partial charge is 0.241 e. The second kappa shape index (κ2) is 5.32. The van der Waals surface area contributed by atoms with E-state index in [2.05, 4.69) is 43.1 Å². The summed E-state index contributed by atoms with van der Waals surface area (Å²) in [5, 5.41) is 9.72. The van der Waals surface area contributed by atoms with E-state index < -0.39 is 0 Å². The molecule has 0 radical (unpaired) electrons. The van der Waals surface area contributed by atoms with Crippen LogP contribution in [0.15, 0.2) is 18.2 Å². The van der Waals surface area contributed by atoms with Crippen molar-refractivity contribution < 1.29 is 0 Å². The van der Waals surface area contributed by atoms with Crippen molar-refractivity contribution in [2.75, 3.05) is 0 Å². The van der Waals surface area contributed by atoms with Crippen LogP contribution in [0.25, 0.3) is 10.6 Å². The highest BCUT2D eigenvalue weighted by atomic mass is 32.1. The predicted molar refractivity (Wildman–Crippen MR) is 75.7 cm³/mol. The van der Waals surface area contributed by atoms with E-state index in [0.29, 0.717) is 6.42 Å². The number of aryl methyl sites for hydroxylation is 4. The number of nitriles is 1. The smallest absolute Gasteiger partial charge is 0.124 e. The molecule has 0 aliphatic rings. The number of rotatable bonds is 3. The van der Waals surface area contributed by atoms with Crippen LogP contribution >= 0.6 is 11.3 Å². The van der Waals surface area contributed by atoms with Gasteiger partial charge in [-0.3, -0.25) is 0 Å². The Morgan fingerprint density at radius 2 is 2.06 bits per heavy atom.